The minimum absolute atomic E-state index is 0.0623. The molecule has 0 fully saturated rings. The van der Waals surface area contributed by atoms with E-state index in [0.717, 1.165) is 10.1 Å². The van der Waals surface area contributed by atoms with Crippen LogP contribution < -0.4 is 10.5 Å². The molecule has 2 atom stereocenters. The summed E-state index contributed by atoms with van der Waals surface area (Å²) in [5, 5.41) is 2.19. The van der Waals surface area contributed by atoms with E-state index in [4.69, 9.17) is 10.5 Å². The Labute approximate surface area is 115 Å². The van der Waals surface area contributed by atoms with Gasteiger partial charge in [-0.05, 0) is 24.6 Å². The predicted molar refractivity (Wildman–Crippen MR) is 77.4 cm³/mol. The van der Waals surface area contributed by atoms with Crippen LogP contribution in [0.5, 0.6) is 5.75 Å². The second kappa shape index (κ2) is 6.22. The van der Waals surface area contributed by atoms with E-state index in [1.165, 1.54) is 5.56 Å². The van der Waals surface area contributed by atoms with Crippen LogP contribution in [0.3, 0.4) is 0 Å². The first-order valence-corrected chi connectivity index (χ1v) is 7.42. The van der Waals surface area contributed by atoms with Crippen molar-refractivity contribution in [1.29, 1.82) is 0 Å². The van der Waals surface area contributed by atoms with Gasteiger partial charge in [-0.25, -0.2) is 4.98 Å². The summed E-state index contributed by atoms with van der Waals surface area (Å²) >= 11 is 3.35. The van der Waals surface area contributed by atoms with E-state index in [1.807, 2.05) is 30.6 Å². The molecule has 0 aliphatic carbocycles. The molecular formula is C13H16N2OS2. The van der Waals surface area contributed by atoms with E-state index in [1.54, 1.807) is 30.2 Å². The van der Waals surface area contributed by atoms with E-state index in [0.29, 0.717) is 0 Å². The first-order valence-electron chi connectivity index (χ1n) is 5.66. The zero-order valence-corrected chi connectivity index (χ0v) is 12.0. The van der Waals surface area contributed by atoms with E-state index in [2.05, 4.69) is 17.1 Å². The Hall–Kier alpha value is -1.04. The molecule has 0 aliphatic heterocycles. The van der Waals surface area contributed by atoms with Crippen molar-refractivity contribution in [2.45, 2.75) is 22.6 Å². The minimum atomic E-state index is 0.0623. The normalized spacial score (nSPS) is 14.2. The quantitative estimate of drug-likeness (QED) is 0.853. The number of aromatic nitrogens is 1. The molecule has 0 saturated heterocycles. The highest BCUT2D eigenvalue weighted by Crippen LogP contribution is 2.38. The maximum atomic E-state index is 6.08. The standard InChI is InChI=1S/C13H16N2OS2/c1-9(14)12(18-13-15-7-8-17-13)10-3-5-11(16-2)6-4-10/h3-9,12H,14H2,1-2H3. The molecule has 96 valence electrons. The van der Waals surface area contributed by atoms with Crippen LogP contribution in [0.1, 0.15) is 17.7 Å². The minimum Gasteiger partial charge on any atom is -0.497 e. The van der Waals surface area contributed by atoms with Crippen molar-refractivity contribution in [3.05, 3.63) is 41.4 Å². The van der Waals surface area contributed by atoms with Crippen molar-refractivity contribution in [1.82, 2.24) is 4.98 Å². The zero-order chi connectivity index (χ0) is 13.0. The molecule has 2 N–H and O–H groups in total. The molecule has 0 amide bonds. The highest BCUT2D eigenvalue weighted by Gasteiger charge is 2.18. The first kappa shape index (κ1) is 13.4. The summed E-state index contributed by atoms with van der Waals surface area (Å²) in [5.41, 5.74) is 7.28. The molecule has 1 heterocycles. The van der Waals surface area contributed by atoms with Crippen LogP contribution in [0.4, 0.5) is 0 Å². The average Bonchev–Trinajstić information content (AvgIpc) is 2.89. The van der Waals surface area contributed by atoms with Gasteiger partial charge in [-0.3, -0.25) is 0 Å². The smallest absolute Gasteiger partial charge is 0.150 e. The Morgan fingerprint density at radius 1 is 1.33 bits per heavy atom. The Balaban J connectivity index is 2.18. The number of hydrogen-bond acceptors (Lipinski definition) is 5. The van der Waals surface area contributed by atoms with E-state index in [-0.39, 0.29) is 11.3 Å². The lowest BCUT2D eigenvalue weighted by Gasteiger charge is -2.19. The van der Waals surface area contributed by atoms with Crippen LogP contribution in [0.25, 0.3) is 0 Å². The van der Waals surface area contributed by atoms with Gasteiger partial charge in [0.15, 0.2) is 0 Å². The van der Waals surface area contributed by atoms with Crippen molar-refractivity contribution >= 4 is 23.1 Å². The average molecular weight is 280 g/mol. The number of benzene rings is 1. The SMILES string of the molecule is COc1ccc(C(Sc2nccs2)C(C)N)cc1. The summed E-state index contributed by atoms with van der Waals surface area (Å²) < 4.78 is 6.22. The number of thioether (sulfide) groups is 1. The van der Waals surface area contributed by atoms with Gasteiger partial charge < -0.3 is 10.5 Å². The number of nitrogens with two attached hydrogens (primary N) is 1. The maximum Gasteiger partial charge on any atom is 0.150 e. The van der Waals surface area contributed by atoms with Gasteiger partial charge in [0.2, 0.25) is 0 Å². The van der Waals surface area contributed by atoms with Crippen LogP contribution in [0.15, 0.2) is 40.2 Å². The molecule has 2 aromatic rings. The largest absolute Gasteiger partial charge is 0.497 e. The summed E-state index contributed by atoms with van der Waals surface area (Å²) in [6.07, 6.45) is 1.82. The number of ether oxygens (including phenoxy) is 1. The zero-order valence-electron chi connectivity index (χ0n) is 10.4. The Morgan fingerprint density at radius 3 is 2.56 bits per heavy atom. The lowest BCUT2D eigenvalue weighted by Crippen LogP contribution is -2.22. The molecule has 0 radical (unpaired) electrons. The molecule has 18 heavy (non-hydrogen) atoms. The Morgan fingerprint density at radius 2 is 2.06 bits per heavy atom. The maximum absolute atomic E-state index is 6.08. The fourth-order valence-electron chi connectivity index (χ4n) is 1.65. The highest BCUT2D eigenvalue weighted by molar-refractivity contribution is 8.01. The van der Waals surface area contributed by atoms with Gasteiger partial charge >= 0.3 is 0 Å². The Bertz CT molecular complexity index is 468. The highest BCUT2D eigenvalue weighted by atomic mass is 32.2. The van der Waals surface area contributed by atoms with Gasteiger partial charge in [-0.1, -0.05) is 23.9 Å². The molecule has 2 unspecified atom stereocenters. The van der Waals surface area contributed by atoms with Crippen molar-refractivity contribution in [2.24, 2.45) is 5.73 Å². The van der Waals surface area contributed by atoms with Gasteiger partial charge in [0.05, 0.1) is 12.4 Å². The van der Waals surface area contributed by atoms with Gasteiger partial charge in [0.1, 0.15) is 10.1 Å². The lowest BCUT2D eigenvalue weighted by atomic mass is 10.1. The number of thiazole rings is 1. The van der Waals surface area contributed by atoms with Crippen LogP contribution in [-0.2, 0) is 0 Å². The van der Waals surface area contributed by atoms with E-state index >= 15 is 0 Å². The summed E-state index contributed by atoms with van der Waals surface area (Å²) in [5.74, 6) is 0.862. The van der Waals surface area contributed by atoms with Crippen molar-refractivity contribution in [3.8, 4) is 5.75 Å². The van der Waals surface area contributed by atoms with Gasteiger partial charge in [-0.15, -0.1) is 11.3 Å². The monoisotopic (exact) mass is 280 g/mol. The third-order valence-corrected chi connectivity index (χ3v) is 4.96. The van der Waals surface area contributed by atoms with Crippen molar-refractivity contribution in [3.63, 3.8) is 0 Å². The number of rotatable bonds is 5. The molecule has 5 heteroatoms. The number of nitrogens with zero attached hydrogens (tertiary/aromatic N) is 1. The van der Waals surface area contributed by atoms with Gasteiger partial charge in [0.25, 0.3) is 0 Å². The molecule has 0 bridgehead atoms. The second-order valence-electron chi connectivity index (χ2n) is 3.97. The van der Waals surface area contributed by atoms with Crippen LogP contribution in [-0.4, -0.2) is 18.1 Å². The predicted octanol–water partition coefficient (Wildman–Crippen LogP) is 3.33. The fourth-order valence-corrected chi connectivity index (χ4v) is 3.56. The summed E-state index contributed by atoms with van der Waals surface area (Å²) in [4.78, 5) is 4.30. The van der Waals surface area contributed by atoms with Crippen LogP contribution in [0.2, 0.25) is 0 Å². The summed E-state index contributed by atoms with van der Waals surface area (Å²) in [7, 11) is 1.67. The van der Waals surface area contributed by atoms with Crippen molar-refractivity contribution in [2.75, 3.05) is 7.11 Å². The topological polar surface area (TPSA) is 48.1 Å². The second-order valence-corrected chi connectivity index (χ2v) is 6.25. The third-order valence-electron chi connectivity index (χ3n) is 2.56. The number of hydrogen-bond donors (Lipinski definition) is 1. The van der Waals surface area contributed by atoms with Crippen LogP contribution in [0, 0.1) is 0 Å². The molecule has 1 aromatic carbocycles. The molecule has 1 aromatic heterocycles. The summed E-state index contributed by atoms with van der Waals surface area (Å²) in [6.45, 7) is 2.02. The Kier molecular flexibility index (Phi) is 4.63. The van der Waals surface area contributed by atoms with Gasteiger partial charge in [0, 0.05) is 17.6 Å². The van der Waals surface area contributed by atoms with Crippen LogP contribution >= 0.6 is 23.1 Å². The third kappa shape index (κ3) is 3.25. The molecule has 2 rings (SSSR count). The molecule has 0 saturated carbocycles. The fraction of sp³-hybridized carbons (Fsp3) is 0.308. The summed E-state index contributed by atoms with van der Waals surface area (Å²) in [6, 6.07) is 8.12. The molecule has 0 aliphatic rings. The molecule has 0 spiro atoms. The lowest BCUT2D eigenvalue weighted by molar-refractivity contribution is 0.414. The molecule has 3 nitrogen and oxygen atoms in total. The van der Waals surface area contributed by atoms with E-state index in [9.17, 15) is 0 Å². The number of methoxy groups -OCH3 is 1. The first-order chi connectivity index (χ1) is 8.70. The molecular weight excluding hydrogens is 264 g/mol. The van der Waals surface area contributed by atoms with Gasteiger partial charge in [-0.2, -0.15) is 0 Å². The van der Waals surface area contributed by atoms with Crippen molar-refractivity contribution < 1.29 is 4.74 Å². The van der Waals surface area contributed by atoms with E-state index < -0.39 is 0 Å².